The molecule has 5 heteroatoms. The standard InChI is InChI=1S/C17H14N4O/c1-12-2-4-13(5-3-12)11-20-9-7-15-14(17(20)22)10-18-16-6-8-19-21(15)16/h2-10H,11H2,1H3. The lowest BCUT2D eigenvalue weighted by atomic mass is 10.1. The molecule has 0 atom stereocenters. The fourth-order valence-corrected chi connectivity index (χ4v) is 2.61. The van der Waals surface area contributed by atoms with E-state index in [4.69, 9.17) is 0 Å². The molecular formula is C17H14N4O. The first kappa shape index (κ1) is 12.8. The fourth-order valence-electron chi connectivity index (χ4n) is 2.61. The maximum absolute atomic E-state index is 12.6. The zero-order chi connectivity index (χ0) is 15.1. The van der Waals surface area contributed by atoms with Crippen LogP contribution in [0.3, 0.4) is 0 Å². The third-order valence-corrected chi connectivity index (χ3v) is 3.83. The lowest BCUT2D eigenvalue weighted by molar-refractivity contribution is 0.765. The van der Waals surface area contributed by atoms with Gasteiger partial charge in [0.1, 0.15) is 0 Å². The average molecular weight is 290 g/mol. The van der Waals surface area contributed by atoms with Crippen LogP contribution < -0.4 is 5.56 Å². The number of nitrogens with zero attached hydrogens (tertiary/aromatic N) is 4. The summed E-state index contributed by atoms with van der Waals surface area (Å²) in [5.41, 5.74) is 3.77. The maximum Gasteiger partial charge on any atom is 0.261 e. The number of benzene rings is 1. The molecule has 22 heavy (non-hydrogen) atoms. The Hall–Kier alpha value is -2.95. The lowest BCUT2D eigenvalue weighted by Crippen LogP contribution is -2.21. The zero-order valence-corrected chi connectivity index (χ0v) is 12.1. The van der Waals surface area contributed by atoms with Gasteiger partial charge in [0.2, 0.25) is 0 Å². The smallest absolute Gasteiger partial charge is 0.261 e. The largest absolute Gasteiger partial charge is 0.310 e. The number of aromatic nitrogens is 4. The molecule has 4 aromatic rings. The van der Waals surface area contributed by atoms with Crippen LogP contribution in [0, 0.1) is 6.92 Å². The van der Waals surface area contributed by atoms with E-state index in [2.05, 4.69) is 22.2 Å². The molecule has 1 aromatic carbocycles. The highest BCUT2D eigenvalue weighted by Crippen LogP contribution is 2.11. The van der Waals surface area contributed by atoms with Crippen LogP contribution in [0.2, 0.25) is 0 Å². The summed E-state index contributed by atoms with van der Waals surface area (Å²) in [5, 5.41) is 4.79. The van der Waals surface area contributed by atoms with E-state index in [0.717, 1.165) is 16.7 Å². The van der Waals surface area contributed by atoms with Crippen LogP contribution in [0.5, 0.6) is 0 Å². The maximum atomic E-state index is 12.6. The van der Waals surface area contributed by atoms with Gasteiger partial charge >= 0.3 is 0 Å². The van der Waals surface area contributed by atoms with E-state index in [1.54, 1.807) is 21.5 Å². The van der Waals surface area contributed by atoms with E-state index in [9.17, 15) is 4.79 Å². The Balaban J connectivity index is 1.85. The minimum absolute atomic E-state index is 0.0528. The molecule has 0 radical (unpaired) electrons. The summed E-state index contributed by atoms with van der Waals surface area (Å²) in [6.45, 7) is 2.60. The van der Waals surface area contributed by atoms with Crippen LogP contribution in [-0.4, -0.2) is 19.2 Å². The van der Waals surface area contributed by atoms with Gasteiger partial charge in [-0.3, -0.25) is 4.79 Å². The van der Waals surface area contributed by atoms with Gasteiger partial charge in [0.05, 0.1) is 23.6 Å². The van der Waals surface area contributed by atoms with E-state index < -0.39 is 0 Å². The van der Waals surface area contributed by atoms with Gasteiger partial charge in [-0.05, 0) is 18.6 Å². The van der Waals surface area contributed by atoms with Crippen molar-refractivity contribution in [1.82, 2.24) is 19.2 Å². The first-order chi connectivity index (χ1) is 10.7. The highest BCUT2D eigenvalue weighted by Gasteiger charge is 2.08. The summed E-state index contributed by atoms with van der Waals surface area (Å²) >= 11 is 0. The summed E-state index contributed by atoms with van der Waals surface area (Å²) < 4.78 is 3.39. The second-order valence-corrected chi connectivity index (χ2v) is 5.39. The Labute approximate surface area is 126 Å². The van der Waals surface area contributed by atoms with Crippen molar-refractivity contribution < 1.29 is 0 Å². The molecule has 0 saturated heterocycles. The van der Waals surface area contributed by atoms with Crippen LogP contribution in [0.4, 0.5) is 0 Å². The number of hydrogen-bond acceptors (Lipinski definition) is 3. The zero-order valence-electron chi connectivity index (χ0n) is 12.1. The van der Waals surface area contributed by atoms with Crippen LogP contribution >= 0.6 is 0 Å². The highest BCUT2D eigenvalue weighted by molar-refractivity contribution is 5.79. The van der Waals surface area contributed by atoms with E-state index in [0.29, 0.717) is 11.9 Å². The van der Waals surface area contributed by atoms with Crippen LogP contribution in [0.25, 0.3) is 16.6 Å². The molecule has 0 amide bonds. The van der Waals surface area contributed by atoms with Gasteiger partial charge in [-0.25, -0.2) is 9.50 Å². The van der Waals surface area contributed by atoms with Crippen molar-refractivity contribution in [2.45, 2.75) is 13.5 Å². The van der Waals surface area contributed by atoms with E-state index in [1.165, 1.54) is 5.56 Å². The lowest BCUT2D eigenvalue weighted by Gasteiger charge is -2.08. The Kier molecular flexibility index (Phi) is 2.79. The first-order valence-electron chi connectivity index (χ1n) is 7.10. The van der Waals surface area contributed by atoms with Gasteiger partial charge in [0, 0.05) is 18.5 Å². The number of fused-ring (bicyclic) bond motifs is 3. The summed E-state index contributed by atoms with van der Waals surface area (Å²) in [6, 6.07) is 11.9. The summed E-state index contributed by atoms with van der Waals surface area (Å²) in [6.07, 6.45) is 5.12. The Morgan fingerprint density at radius 1 is 1.09 bits per heavy atom. The molecule has 5 nitrogen and oxygen atoms in total. The molecule has 0 fully saturated rings. The molecule has 0 unspecified atom stereocenters. The quantitative estimate of drug-likeness (QED) is 0.569. The molecule has 0 spiro atoms. The van der Waals surface area contributed by atoms with Crippen LogP contribution in [-0.2, 0) is 6.54 Å². The molecule has 0 bridgehead atoms. The average Bonchev–Trinajstić information content (AvgIpc) is 3.01. The Morgan fingerprint density at radius 2 is 1.91 bits per heavy atom. The summed E-state index contributed by atoms with van der Waals surface area (Å²) in [7, 11) is 0. The first-order valence-corrected chi connectivity index (χ1v) is 7.10. The molecule has 4 rings (SSSR count). The van der Waals surface area contributed by atoms with Gasteiger partial charge in [0.25, 0.3) is 5.56 Å². The summed E-state index contributed by atoms with van der Waals surface area (Å²) in [4.78, 5) is 16.9. The molecule has 0 saturated carbocycles. The highest BCUT2D eigenvalue weighted by atomic mass is 16.1. The van der Waals surface area contributed by atoms with Crippen LogP contribution in [0.1, 0.15) is 11.1 Å². The number of rotatable bonds is 2. The van der Waals surface area contributed by atoms with Crippen molar-refractivity contribution >= 4 is 16.6 Å². The number of pyridine rings is 1. The Morgan fingerprint density at radius 3 is 2.73 bits per heavy atom. The molecule has 3 aromatic heterocycles. The van der Waals surface area contributed by atoms with Crippen molar-refractivity contribution in [3.8, 4) is 0 Å². The van der Waals surface area contributed by atoms with Gasteiger partial charge in [-0.1, -0.05) is 29.8 Å². The Bertz CT molecular complexity index is 1030. The SMILES string of the molecule is Cc1ccc(Cn2ccc3c(cnc4ccnn43)c2=O)cc1. The van der Waals surface area contributed by atoms with Gasteiger partial charge in [-0.2, -0.15) is 5.10 Å². The van der Waals surface area contributed by atoms with Gasteiger partial charge in [-0.15, -0.1) is 0 Å². The topological polar surface area (TPSA) is 52.2 Å². The molecule has 0 N–H and O–H groups in total. The second-order valence-electron chi connectivity index (χ2n) is 5.39. The van der Waals surface area contributed by atoms with Gasteiger partial charge < -0.3 is 4.57 Å². The summed E-state index contributed by atoms with van der Waals surface area (Å²) in [5.74, 6) is 0. The fraction of sp³-hybridized carbons (Fsp3) is 0.118. The van der Waals surface area contributed by atoms with E-state index >= 15 is 0 Å². The van der Waals surface area contributed by atoms with E-state index in [-0.39, 0.29) is 5.56 Å². The monoisotopic (exact) mass is 290 g/mol. The molecule has 0 aliphatic rings. The number of aryl methyl sites for hydroxylation is 1. The second kappa shape index (κ2) is 4.80. The molecule has 0 aliphatic heterocycles. The third kappa shape index (κ3) is 1.98. The predicted molar refractivity (Wildman–Crippen MR) is 85.0 cm³/mol. The van der Waals surface area contributed by atoms with Crippen molar-refractivity contribution in [2.75, 3.05) is 0 Å². The predicted octanol–water partition coefficient (Wildman–Crippen LogP) is 2.40. The normalized spacial score (nSPS) is 11.3. The van der Waals surface area contributed by atoms with Crippen molar-refractivity contribution in [1.29, 1.82) is 0 Å². The van der Waals surface area contributed by atoms with Crippen LogP contribution in [0.15, 0.2) is 59.8 Å². The van der Waals surface area contributed by atoms with E-state index in [1.807, 2.05) is 37.4 Å². The molecule has 3 heterocycles. The minimum atomic E-state index is -0.0528. The van der Waals surface area contributed by atoms with Crippen molar-refractivity contribution in [2.24, 2.45) is 0 Å². The molecule has 0 aliphatic carbocycles. The van der Waals surface area contributed by atoms with Crippen molar-refractivity contribution in [3.05, 3.63) is 76.5 Å². The number of hydrogen-bond donors (Lipinski definition) is 0. The molecular weight excluding hydrogens is 276 g/mol. The van der Waals surface area contributed by atoms with Gasteiger partial charge in [0.15, 0.2) is 5.65 Å². The third-order valence-electron chi connectivity index (χ3n) is 3.83. The molecule has 108 valence electrons. The minimum Gasteiger partial charge on any atom is -0.310 e. The van der Waals surface area contributed by atoms with Crippen molar-refractivity contribution in [3.63, 3.8) is 0 Å².